The Labute approximate surface area is 182 Å². The molecule has 4 rings (SSSR count). The van der Waals surface area contributed by atoms with Crippen LogP contribution in [-0.2, 0) is 0 Å². The van der Waals surface area contributed by atoms with E-state index in [-0.39, 0.29) is 21.5 Å². The molecule has 7 nitrogen and oxygen atoms in total. The van der Waals surface area contributed by atoms with Crippen LogP contribution in [0.15, 0.2) is 51.7 Å². The number of para-hydroxylation sites is 1. The van der Waals surface area contributed by atoms with Crippen molar-refractivity contribution in [2.45, 2.75) is 6.36 Å². The Morgan fingerprint density at radius 2 is 1.81 bits per heavy atom. The second-order valence-corrected chi connectivity index (χ2v) is 7.73. The fourth-order valence-electron chi connectivity index (χ4n) is 3.37. The minimum Gasteiger partial charge on any atom is -0.405 e. The first-order chi connectivity index (χ1) is 14.7. The SMILES string of the molecule is O=C(c1ccc(OC(F)(F)F)c(Br)c1)N1CCN(c2nc3ccccc3c(=O)[nH]2)CC1. The van der Waals surface area contributed by atoms with Gasteiger partial charge in [-0.2, -0.15) is 0 Å². The van der Waals surface area contributed by atoms with Crippen LogP contribution in [0.5, 0.6) is 5.75 Å². The van der Waals surface area contributed by atoms with Gasteiger partial charge in [0.2, 0.25) is 5.95 Å². The number of fused-ring (bicyclic) bond motifs is 1. The number of halogens is 4. The number of hydrogen-bond acceptors (Lipinski definition) is 5. The lowest BCUT2D eigenvalue weighted by atomic mass is 10.1. The highest BCUT2D eigenvalue weighted by Gasteiger charge is 2.32. The molecule has 31 heavy (non-hydrogen) atoms. The number of benzene rings is 2. The van der Waals surface area contributed by atoms with Gasteiger partial charge in [0.1, 0.15) is 5.75 Å². The van der Waals surface area contributed by atoms with E-state index < -0.39 is 12.1 Å². The first-order valence-electron chi connectivity index (χ1n) is 9.30. The van der Waals surface area contributed by atoms with E-state index in [0.717, 1.165) is 6.07 Å². The maximum atomic E-state index is 12.8. The fraction of sp³-hybridized carbons (Fsp3) is 0.250. The number of amides is 1. The van der Waals surface area contributed by atoms with Crippen LogP contribution in [0.2, 0.25) is 0 Å². The van der Waals surface area contributed by atoms with Crippen LogP contribution in [0.4, 0.5) is 19.1 Å². The molecular weight excluding hydrogens is 481 g/mol. The average Bonchev–Trinajstić information content (AvgIpc) is 2.74. The summed E-state index contributed by atoms with van der Waals surface area (Å²) in [7, 11) is 0. The molecule has 0 aliphatic carbocycles. The van der Waals surface area contributed by atoms with Crippen molar-refractivity contribution in [2.24, 2.45) is 0 Å². The Hall–Kier alpha value is -3.08. The number of nitrogens with zero attached hydrogens (tertiary/aromatic N) is 3. The number of ether oxygens (including phenoxy) is 1. The van der Waals surface area contributed by atoms with Crippen molar-refractivity contribution in [2.75, 3.05) is 31.1 Å². The molecule has 0 spiro atoms. The molecule has 0 radical (unpaired) electrons. The van der Waals surface area contributed by atoms with Crippen LogP contribution >= 0.6 is 15.9 Å². The first kappa shape index (κ1) is 21.2. The van der Waals surface area contributed by atoms with E-state index >= 15 is 0 Å². The zero-order valence-electron chi connectivity index (χ0n) is 15.9. The zero-order chi connectivity index (χ0) is 22.2. The number of carbonyl (C=O) groups excluding carboxylic acids is 1. The zero-order valence-corrected chi connectivity index (χ0v) is 17.5. The second-order valence-electron chi connectivity index (χ2n) is 6.88. The van der Waals surface area contributed by atoms with Crippen LogP contribution in [0.3, 0.4) is 0 Å². The number of carbonyl (C=O) groups is 1. The van der Waals surface area contributed by atoms with E-state index in [9.17, 15) is 22.8 Å². The van der Waals surface area contributed by atoms with E-state index in [0.29, 0.717) is 43.0 Å². The summed E-state index contributed by atoms with van der Waals surface area (Å²) in [5.41, 5.74) is 0.600. The molecule has 2 heterocycles. The summed E-state index contributed by atoms with van der Waals surface area (Å²) in [6.07, 6.45) is -4.82. The predicted octanol–water partition coefficient (Wildman–Crippen LogP) is 3.55. The Morgan fingerprint density at radius 1 is 1.10 bits per heavy atom. The first-order valence-corrected chi connectivity index (χ1v) is 10.1. The van der Waals surface area contributed by atoms with Crippen LogP contribution in [0.1, 0.15) is 10.4 Å². The topological polar surface area (TPSA) is 78.5 Å². The Morgan fingerprint density at radius 3 is 2.48 bits per heavy atom. The van der Waals surface area contributed by atoms with Crippen molar-refractivity contribution in [1.82, 2.24) is 14.9 Å². The van der Waals surface area contributed by atoms with Gasteiger partial charge < -0.3 is 14.5 Å². The Kier molecular flexibility index (Phi) is 5.61. The minimum atomic E-state index is -4.82. The van der Waals surface area contributed by atoms with Gasteiger partial charge in [0.05, 0.1) is 15.4 Å². The van der Waals surface area contributed by atoms with E-state index in [1.165, 1.54) is 12.1 Å². The number of H-pyrrole nitrogens is 1. The monoisotopic (exact) mass is 496 g/mol. The molecule has 1 amide bonds. The Balaban J connectivity index is 1.45. The molecule has 0 unspecified atom stereocenters. The number of anilines is 1. The summed E-state index contributed by atoms with van der Waals surface area (Å²) in [6, 6.07) is 10.7. The van der Waals surface area contributed by atoms with Crippen LogP contribution in [0.25, 0.3) is 10.9 Å². The molecule has 2 aromatic carbocycles. The standard InChI is InChI=1S/C20H16BrF3N4O3/c21-14-11-12(5-6-16(14)31-20(22,23)24)18(30)27-7-9-28(10-8-27)19-25-15-4-2-1-3-13(15)17(29)26-19/h1-6,11H,7-10H2,(H,25,26,29). The van der Waals surface area contributed by atoms with Crippen molar-refractivity contribution < 1.29 is 22.7 Å². The lowest BCUT2D eigenvalue weighted by molar-refractivity contribution is -0.274. The minimum absolute atomic E-state index is 0.0345. The third-order valence-corrected chi connectivity index (χ3v) is 5.49. The number of nitrogens with one attached hydrogen (secondary N) is 1. The number of piperazine rings is 1. The summed E-state index contributed by atoms with van der Waals surface area (Å²) in [5.74, 6) is -0.286. The van der Waals surface area contributed by atoms with E-state index in [1.807, 2.05) is 4.90 Å². The molecule has 0 saturated carbocycles. The lowest BCUT2D eigenvalue weighted by Crippen LogP contribution is -2.49. The summed E-state index contributed by atoms with van der Waals surface area (Å²) < 4.78 is 41.2. The molecular formula is C20H16BrF3N4O3. The van der Waals surface area contributed by atoms with Crippen LogP contribution in [-0.4, -0.2) is 53.3 Å². The average molecular weight is 497 g/mol. The molecule has 0 atom stereocenters. The molecule has 1 aliphatic heterocycles. The van der Waals surface area contributed by atoms with Gasteiger partial charge in [-0.1, -0.05) is 12.1 Å². The van der Waals surface area contributed by atoms with E-state index in [4.69, 9.17) is 0 Å². The lowest BCUT2D eigenvalue weighted by Gasteiger charge is -2.35. The molecule has 1 fully saturated rings. The van der Waals surface area contributed by atoms with E-state index in [1.54, 1.807) is 29.2 Å². The van der Waals surface area contributed by atoms with Crippen molar-refractivity contribution in [3.8, 4) is 5.75 Å². The molecule has 1 N–H and O–H groups in total. The maximum absolute atomic E-state index is 12.8. The van der Waals surface area contributed by atoms with Gasteiger partial charge in [-0.05, 0) is 46.3 Å². The largest absolute Gasteiger partial charge is 0.573 e. The van der Waals surface area contributed by atoms with Gasteiger partial charge >= 0.3 is 6.36 Å². The van der Waals surface area contributed by atoms with Crippen LogP contribution < -0.4 is 15.2 Å². The van der Waals surface area contributed by atoms with Gasteiger partial charge in [-0.15, -0.1) is 13.2 Å². The number of rotatable bonds is 3. The highest BCUT2D eigenvalue weighted by molar-refractivity contribution is 9.10. The van der Waals surface area contributed by atoms with Gasteiger partial charge in [-0.3, -0.25) is 14.6 Å². The second kappa shape index (κ2) is 8.22. The third-order valence-electron chi connectivity index (χ3n) is 4.87. The van der Waals surface area contributed by atoms with Gasteiger partial charge in [0.25, 0.3) is 11.5 Å². The number of aromatic nitrogens is 2. The predicted molar refractivity (Wildman–Crippen MR) is 111 cm³/mol. The summed E-state index contributed by atoms with van der Waals surface area (Å²) in [6.45, 7) is 1.63. The number of alkyl halides is 3. The van der Waals surface area contributed by atoms with Gasteiger partial charge in [0.15, 0.2) is 0 Å². The highest BCUT2D eigenvalue weighted by Crippen LogP contribution is 2.31. The molecule has 1 aliphatic rings. The third kappa shape index (κ3) is 4.66. The quantitative estimate of drug-likeness (QED) is 0.599. The number of hydrogen-bond donors (Lipinski definition) is 1. The van der Waals surface area contributed by atoms with Crippen molar-refractivity contribution in [1.29, 1.82) is 0 Å². The highest BCUT2D eigenvalue weighted by atomic mass is 79.9. The van der Waals surface area contributed by atoms with Crippen molar-refractivity contribution in [3.05, 3.63) is 62.9 Å². The molecule has 1 aromatic heterocycles. The van der Waals surface area contributed by atoms with Crippen molar-refractivity contribution >= 4 is 38.7 Å². The van der Waals surface area contributed by atoms with E-state index in [2.05, 4.69) is 30.6 Å². The molecule has 11 heteroatoms. The number of aromatic amines is 1. The van der Waals surface area contributed by atoms with Gasteiger partial charge in [0, 0.05) is 31.7 Å². The maximum Gasteiger partial charge on any atom is 0.573 e. The fourth-order valence-corrected chi connectivity index (χ4v) is 3.83. The molecule has 0 bridgehead atoms. The normalized spacial score (nSPS) is 14.7. The molecule has 1 saturated heterocycles. The van der Waals surface area contributed by atoms with Crippen molar-refractivity contribution in [3.63, 3.8) is 0 Å². The van der Waals surface area contributed by atoms with Gasteiger partial charge in [-0.25, -0.2) is 4.98 Å². The smallest absolute Gasteiger partial charge is 0.405 e. The summed E-state index contributed by atoms with van der Waals surface area (Å²) in [4.78, 5) is 35.8. The summed E-state index contributed by atoms with van der Waals surface area (Å²) >= 11 is 3.01. The molecule has 162 valence electrons. The van der Waals surface area contributed by atoms with Crippen LogP contribution in [0, 0.1) is 0 Å². The Bertz CT molecular complexity index is 1190. The summed E-state index contributed by atoms with van der Waals surface area (Å²) in [5, 5.41) is 0.503. The molecule has 3 aromatic rings.